The predicted molar refractivity (Wildman–Crippen MR) is 115 cm³/mol. The molecule has 4 aromatic rings. The fraction of sp³-hybridized carbons (Fsp3) is 0.250. The van der Waals surface area contributed by atoms with Gasteiger partial charge in [-0.2, -0.15) is 5.10 Å². The molecular formula is C24H22F2N4O. The van der Waals surface area contributed by atoms with E-state index < -0.39 is 11.6 Å². The molecule has 0 spiro atoms. The van der Waals surface area contributed by atoms with Crippen LogP contribution >= 0.6 is 0 Å². The first kappa shape index (κ1) is 19.5. The summed E-state index contributed by atoms with van der Waals surface area (Å²) < 4.78 is 29.2. The Kier molecular flexibility index (Phi) is 4.81. The van der Waals surface area contributed by atoms with Gasteiger partial charge in [0.25, 0.3) is 5.91 Å². The van der Waals surface area contributed by atoms with Crippen LogP contribution < -0.4 is 0 Å². The zero-order valence-electron chi connectivity index (χ0n) is 17.1. The monoisotopic (exact) mass is 420 g/mol. The predicted octanol–water partition coefficient (Wildman–Crippen LogP) is 4.87. The van der Waals surface area contributed by atoms with E-state index in [0.717, 1.165) is 24.4 Å². The molecule has 0 saturated carbocycles. The number of aryl methyl sites for hydroxylation is 1. The summed E-state index contributed by atoms with van der Waals surface area (Å²) in [7, 11) is 1.69. The van der Waals surface area contributed by atoms with Crippen LogP contribution in [0.3, 0.4) is 0 Å². The Morgan fingerprint density at radius 3 is 2.68 bits per heavy atom. The van der Waals surface area contributed by atoms with Gasteiger partial charge in [-0.25, -0.2) is 8.78 Å². The van der Waals surface area contributed by atoms with E-state index in [1.807, 2.05) is 12.1 Å². The highest BCUT2D eigenvalue weighted by Crippen LogP contribution is 2.34. The van der Waals surface area contributed by atoms with Crippen LogP contribution in [0.25, 0.3) is 22.2 Å². The van der Waals surface area contributed by atoms with Crippen LogP contribution in [0.5, 0.6) is 0 Å². The minimum Gasteiger partial charge on any atom is -0.361 e. The van der Waals surface area contributed by atoms with Crippen LogP contribution in [-0.4, -0.2) is 38.7 Å². The molecule has 1 saturated heterocycles. The van der Waals surface area contributed by atoms with Gasteiger partial charge >= 0.3 is 0 Å². The summed E-state index contributed by atoms with van der Waals surface area (Å²) in [6.45, 7) is 1.23. The molecule has 31 heavy (non-hydrogen) atoms. The molecule has 0 radical (unpaired) electrons. The van der Waals surface area contributed by atoms with Crippen molar-refractivity contribution in [3.63, 3.8) is 0 Å². The number of carbonyl (C=O) groups excluding carboxylic acids is 1. The molecular weight excluding hydrogens is 398 g/mol. The highest BCUT2D eigenvalue weighted by Gasteiger charge is 2.29. The van der Waals surface area contributed by atoms with Gasteiger partial charge in [0.2, 0.25) is 0 Å². The number of para-hydroxylation sites is 1. The highest BCUT2D eigenvalue weighted by molar-refractivity contribution is 6.00. The largest absolute Gasteiger partial charge is 0.361 e. The lowest BCUT2D eigenvalue weighted by molar-refractivity contribution is 0.0714. The van der Waals surface area contributed by atoms with Crippen molar-refractivity contribution in [1.29, 1.82) is 0 Å². The van der Waals surface area contributed by atoms with Crippen molar-refractivity contribution < 1.29 is 13.6 Å². The maximum absolute atomic E-state index is 14.3. The molecule has 0 unspecified atom stereocenters. The van der Waals surface area contributed by atoms with E-state index in [9.17, 15) is 13.6 Å². The zero-order chi connectivity index (χ0) is 21.5. The third-order valence-electron chi connectivity index (χ3n) is 6.09. The van der Waals surface area contributed by atoms with Crippen molar-refractivity contribution in [2.24, 2.45) is 7.05 Å². The maximum atomic E-state index is 14.3. The first-order valence-electron chi connectivity index (χ1n) is 10.4. The zero-order valence-corrected chi connectivity index (χ0v) is 17.1. The molecule has 1 aliphatic heterocycles. The van der Waals surface area contributed by atoms with Crippen LogP contribution in [0.1, 0.15) is 34.7 Å². The Hall–Kier alpha value is -3.48. The number of piperidine rings is 1. The van der Waals surface area contributed by atoms with E-state index in [0.29, 0.717) is 24.6 Å². The van der Waals surface area contributed by atoms with E-state index in [4.69, 9.17) is 0 Å². The number of likely N-dealkylation sites (tertiary alicyclic amines) is 1. The number of halogens is 2. The lowest BCUT2D eigenvalue weighted by Gasteiger charge is -2.32. The average molecular weight is 420 g/mol. The number of amides is 1. The normalized spacial score (nSPS) is 15.0. The van der Waals surface area contributed by atoms with Gasteiger partial charge in [-0.1, -0.05) is 18.2 Å². The lowest BCUT2D eigenvalue weighted by atomic mass is 9.89. The summed E-state index contributed by atoms with van der Waals surface area (Å²) in [5.74, 6) is -1.19. The van der Waals surface area contributed by atoms with Gasteiger partial charge in [-0.15, -0.1) is 0 Å². The quantitative estimate of drug-likeness (QED) is 0.514. The second-order valence-electron chi connectivity index (χ2n) is 8.05. The van der Waals surface area contributed by atoms with Crippen LogP contribution in [-0.2, 0) is 7.05 Å². The van der Waals surface area contributed by atoms with Crippen LogP contribution in [0.2, 0.25) is 0 Å². The third-order valence-corrected chi connectivity index (χ3v) is 6.09. The Balaban J connectivity index is 1.37. The third kappa shape index (κ3) is 3.50. The fourth-order valence-electron chi connectivity index (χ4n) is 4.52. The van der Waals surface area contributed by atoms with Crippen molar-refractivity contribution in [3.05, 3.63) is 77.6 Å². The minimum atomic E-state index is -0.731. The van der Waals surface area contributed by atoms with E-state index in [-0.39, 0.29) is 17.2 Å². The van der Waals surface area contributed by atoms with Crippen molar-refractivity contribution >= 4 is 16.8 Å². The highest BCUT2D eigenvalue weighted by atomic mass is 19.1. The number of H-pyrrole nitrogens is 1. The number of benzene rings is 2. The topological polar surface area (TPSA) is 53.9 Å². The molecule has 0 aliphatic carbocycles. The van der Waals surface area contributed by atoms with Gasteiger partial charge in [0.05, 0.1) is 5.56 Å². The summed E-state index contributed by atoms with van der Waals surface area (Å²) in [5, 5.41) is 5.51. The number of aromatic nitrogens is 3. The molecule has 0 bridgehead atoms. The van der Waals surface area contributed by atoms with E-state index in [2.05, 4.69) is 28.4 Å². The summed E-state index contributed by atoms with van der Waals surface area (Å²) in [6, 6.07) is 11.6. The average Bonchev–Trinajstić information content (AvgIpc) is 3.37. The van der Waals surface area contributed by atoms with E-state index >= 15 is 0 Å². The number of hydrogen-bond donors (Lipinski definition) is 1. The first-order chi connectivity index (χ1) is 15.0. The molecule has 7 heteroatoms. The molecule has 1 amide bonds. The fourth-order valence-corrected chi connectivity index (χ4v) is 4.52. The van der Waals surface area contributed by atoms with Gasteiger partial charge in [0.1, 0.15) is 17.3 Å². The number of carbonyl (C=O) groups is 1. The molecule has 0 atom stereocenters. The Labute approximate surface area is 178 Å². The van der Waals surface area contributed by atoms with Gasteiger partial charge < -0.3 is 9.88 Å². The number of rotatable bonds is 3. The summed E-state index contributed by atoms with van der Waals surface area (Å²) >= 11 is 0. The molecule has 1 N–H and O–H groups in total. The molecule has 5 rings (SSSR count). The SMILES string of the molecule is Cn1cc(C(=O)N2CCC(c3c[nH]c4ccccc34)CC2)c(-c2ccc(F)cc2F)n1. The smallest absolute Gasteiger partial charge is 0.257 e. The molecule has 2 aromatic heterocycles. The van der Waals surface area contributed by atoms with Gasteiger partial charge in [-0.3, -0.25) is 9.48 Å². The van der Waals surface area contributed by atoms with Crippen molar-refractivity contribution in [1.82, 2.24) is 19.7 Å². The summed E-state index contributed by atoms with van der Waals surface area (Å²) in [6.07, 6.45) is 5.39. The van der Waals surface area contributed by atoms with Gasteiger partial charge in [-0.05, 0) is 42.5 Å². The Morgan fingerprint density at radius 2 is 1.90 bits per heavy atom. The van der Waals surface area contributed by atoms with Crippen molar-refractivity contribution in [2.45, 2.75) is 18.8 Å². The number of aromatic amines is 1. The molecule has 1 aliphatic rings. The van der Waals surface area contributed by atoms with Crippen molar-refractivity contribution in [2.75, 3.05) is 13.1 Å². The number of nitrogens with zero attached hydrogens (tertiary/aromatic N) is 3. The van der Waals surface area contributed by atoms with Gasteiger partial charge in [0.15, 0.2) is 0 Å². The second kappa shape index (κ2) is 7.65. The molecule has 158 valence electrons. The molecule has 1 fully saturated rings. The van der Waals surface area contributed by atoms with Gasteiger partial charge in [0, 0.05) is 55.1 Å². The van der Waals surface area contributed by atoms with Crippen LogP contribution in [0.15, 0.2) is 54.9 Å². The number of hydrogen-bond acceptors (Lipinski definition) is 2. The standard InChI is InChI=1S/C24H22F2N4O/c1-29-14-20(23(28-29)18-7-6-16(25)12-21(18)26)24(31)30-10-8-15(9-11-30)19-13-27-22-5-3-2-4-17(19)22/h2-7,12-15,27H,8-11H2,1H3. The maximum Gasteiger partial charge on any atom is 0.257 e. The summed E-state index contributed by atoms with van der Waals surface area (Å²) in [5.41, 5.74) is 3.11. The van der Waals surface area contributed by atoms with Crippen LogP contribution in [0, 0.1) is 11.6 Å². The van der Waals surface area contributed by atoms with E-state index in [1.54, 1.807) is 18.1 Å². The molecule has 5 nitrogen and oxygen atoms in total. The Bertz CT molecular complexity index is 1270. The molecule has 3 heterocycles. The van der Waals surface area contributed by atoms with Crippen molar-refractivity contribution in [3.8, 4) is 11.3 Å². The Morgan fingerprint density at radius 1 is 1.13 bits per heavy atom. The lowest BCUT2D eigenvalue weighted by Crippen LogP contribution is -2.38. The number of fused-ring (bicyclic) bond motifs is 1. The minimum absolute atomic E-state index is 0.124. The first-order valence-corrected chi connectivity index (χ1v) is 10.4. The van der Waals surface area contributed by atoms with Crippen LogP contribution in [0.4, 0.5) is 8.78 Å². The second-order valence-corrected chi connectivity index (χ2v) is 8.05. The molecule has 2 aromatic carbocycles. The van der Waals surface area contributed by atoms with E-state index in [1.165, 1.54) is 27.8 Å². The summed E-state index contributed by atoms with van der Waals surface area (Å²) in [4.78, 5) is 18.4. The number of nitrogens with one attached hydrogen (secondary N) is 1.